The number of rotatable bonds is 12. The standard InChI is InChI=1S/C18H14F5NO2.2C18H15F2NO2.C17H13F4NO2.C16H13F2NO2/c1-9(25)16-7-14(12-4-2-10(19)6-15(12)20)13-5-3-11(8-18(21,22)23)26-17(13)24-16;2*1-9(22)16-8-13(12-4-2-10(19)6-15(12)20)14-7-11-3-5-17(23-11)18(14)21-16;1-8(23)14-7-12(10-3-2-9(18)6-13(10)19)11-4-5-15(16(20)21)24-17(11)22-14;1-9(20)15-7-13(11-3-2-10(17)6-14(11)18)12-4-5-21-8-16(12)19-15/h2,4,6-7,11H,3,5,8H2,1H3;2*2,4,6,8,11,17H,3,5,7H2,1H3;2-3,6-7,15-16H,4-5H2,1H3;2-3,6-7H,4-5,8H2,1H3/t11-;2*11-,17+;15-;/m0100./s1. The van der Waals surface area contributed by atoms with E-state index in [0.29, 0.717) is 88.7 Å². The molecule has 4 bridgehead atoms. The molecule has 0 saturated carbocycles. The first-order valence-corrected chi connectivity index (χ1v) is 37.2. The van der Waals surface area contributed by atoms with Crippen LogP contribution in [0.1, 0.15) is 189 Å². The average molecular weight is 1630 g/mol. The number of alkyl halides is 5. The van der Waals surface area contributed by atoms with Crippen LogP contribution < -0.4 is 9.47 Å². The molecule has 2 saturated heterocycles. The first-order valence-electron chi connectivity index (χ1n) is 37.2. The molecule has 0 aliphatic carbocycles. The summed E-state index contributed by atoms with van der Waals surface area (Å²) in [4.78, 5) is 79.7. The topological polar surface area (TPSA) is 196 Å². The average Bonchev–Trinajstić information content (AvgIpc) is 1.66. The molecule has 12 heterocycles. The van der Waals surface area contributed by atoms with Crippen molar-refractivity contribution in [1.29, 1.82) is 0 Å². The Morgan fingerprint density at radius 3 is 1.07 bits per heavy atom. The van der Waals surface area contributed by atoms with Gasteiger partial charge >= 0.3 is 6.18 Å². The Morgan fingerprint density at radius 1 is 0.385 bits per heavy atom. The van der Waals surface area contributed by atoms with E-state index in [-0.39, 0.29) is 130 Å². The molecule has 0 spiro atoms. The number of hydrogen-bond acceptors (Lipinski definition) is 15. The monoisotopic (exact) mass is 1630 g/mol. The van der Waals surface area contributed by atoms with Crippen molar-refractivity contribution in [3.8, 4) is 67.4 Å². The van der Waals surface area contributed by atoms with Crippen LogP contribution in [0, 0.1) is 58.2 Å². The molecule has 117 heavy (non-hydrogen) atoms. The van der Waals surface area contributed by atoms with Crippen LogP contribution >= 0.6 is 0 Å². The quantitative estimate of drug-likeness (QED) is 0.0827. The Morgan fingerprint density at radius 2 is 0.718 bits per heavy atom. The van der Waals surface area contributed by atoms with Crippen LogP contribution in [-0.4, -0.2) is 97.5 Å². The fraction of sp³-hybridized carbons (Fsp3) is 0.310. The third-order valence-corrected chi connectivity index (χ3v) is 20.7. The maximum absolute atomic E-state index is 14.3. The summed E-state index contributed by atoms with van der Waals surface area (Å²) in [7, 11) is 0. The number of halogens is 15. The van der Waals surface area contributed by atoms with Gasteiger partial charge in [0.15, 0.2) is 35.0 Å². The van der Waals surface area contributed by atoms with Crippen molar-refractivity contribution in [3.05, 3.63) is 253 Å². The zero-order chi connectivity index (χ0) is 83.7. The van der Waals surface area contributed by atoms with Crippen molar-refractivity contribution < 1.29 is 114 Å². The van der Waals surface area contributed by atoms with Crippen molar-refractivity contribution in [3.63, 3.8) is 0 Å². The Balaban J connectivity index is 0.000000127. The molecule has 0 unspecified atom stereocenters. The highest BCUT2D eigenvalue weighted by atomic mass is 19.4. The molecule has 15 nitrogen and oxygen atoms in total. The number of ketones is 5. The van der Waals surface area contributed by atoms with Crippen LogP contribution in [0.2, 0.25) is 0 Å². The summed E-state index contributed by atoms with van der Waals surface area (Å²) in [5, 5.41) is 0. The lowest BCUT2D eigenvalue weighted by Crippen LogP contribution is -2.30. The molecular formula is C87H70F15N5O10. The molecule has 30 heteroatoms. The van der Waals surface area contributed by atoms with Crippen molar-refractivity contribution in [2.45, 2.75) is 168 Å². The molecule has 5 aromatic heterocycles. The molecule has 0 N–H and O–H groups in total. The van der Waals surface area contributed by atoms with E-state index < -0.39 is 101 Å². The molecule has 10 aromatic rings. The van der Waals surface area contributed by atoms with Gasteiger partial charge in [0.2, 0.25) is 11.8 Å². The number of ether oxygens (including phenoxy) is 5. The molecule has 0 amide bonds. The molecule has 17 rings (SSSR count). The number of carbonyl (C=O) groups excluding carboxylic acids is 5. The molecular weight excluding hydrogens is 1560 g/mol. The van der Waals surface area contributed by atoms with Crippen LogP contribution in [0.3, 0.4) is 0 Å². The molecule has 2 fully saturated rings. The van der Waals surface area contributed by atoms with E-state index in [1.54, 1.807) is 18.2 Å². The Labute approximate surface area is 659 Å². The summed E-state index contributed by atoms with van der Waals surface area (Å²) in [6.07, 6.45) is -4.77. The first kappa shape index (κ1) is 83.6. The SMILES string of the molecule is CC(=O)c1cc(-c2ccc(F)cc2F)c2c(n1)COCC2.CC(=O)c1cc(-c2ccc(F)cc2F)c2c(n1)O[C@H](C(F)F)CC2.CC(=O)c1cc(-c2ccc(F)cc2F)c2c(n1)O[C@H](CC(F)(F)F)CC2.CC(=O)c1cc(-c2ccc(F)cc2F)c2c(n1)[C@@H]1CC[C@H](C2)O1.CC(=O)c1cc(-c2ccc(F)cc2F)c2c(n1)[C@H]1CC[C@@H](C2)O1. The van der Waals surface area contributed by atoms with Crippen molar-refractivity contribution >= 4 is 28.9 Å². The van der Waals surface area contributed by atoms with Crippen LogP contribution in [0.15, 0.2) is 121 Å². The molecule has 5 aromatic carbocycles. The number of hydrogen-bond donors (Lipinski definition) is 0. The minimum absolute atomic E-state index is 0.0256. The summed E-state index contributed by atoms with van der Waals surface area (Å²) < 4.78 is 228. The van der Waals surface area contributed by atoms with E-state index in [0.717, 1.165) is 90.2 Å². The van der Waals surface area contributed by atoms with E-state index in [1.807, 2.05) is 0 Å². The van der Waals surface area contributed by atoms with Gasteiger partial charge in [-0.25, -0.2) is 77.6 Å². The zero-order valence-electron chi connectivity index (χ0n) is 63.0. The number of nitrogens with zero attached hydrogens (tertiary/aromatic N) is 5. The maximum atomic E-state index is 14.3. The third-order valence-electron chi connectivity index (χ3n) is 20.7. The van der Waals surface area contributed by atoms with Crippen LogP contribution in [0.25, 0.3) is 55.6 Å². The van der Waals surface area contributed by atoms with Crippen molar-refractivity contribution in [2.24, 2.45) is 0 Å². The van der Waals surface area contributed by atoms with E-state index in [2.05, 4.69) is 24.9 Å². The highest BCUT2D eigenvalue weighted by Crippen LogP contribution is 2.48. The van der Waals surface area contributed by atoms with E-state index in [9.17, 15) is 89.8 Å². The zero-order valence-corrected chi connectivity index (χ0v) is 63.0. The highest BCUT2D eigenvalue weighted by Gasteiger charge is 2.41. The molecule has 7 aliphatic rings. The van der Waals surface area contributed by atoms with Gasteiger partial charge < -0.3 is 23.7 Å². The molecule has 0 radical (unpaired) electrons. The van der Waals surface area contributed by atoms with Crippen LogP contribution in [0.4, 0.5) is 65.9 Å². The van der Waals surface area contributed by atoms with Gasteiger partial charge in [-0.2, -0.15) is 13.2 Å². The second-order valence-electron chi connectivity index (χ2n) is 28.9. The second kappa shape index (κ2) is 34.8. The predicted molar refractivity (Wildman–Crippen MR) is 395 cm³/mol. The lowest BCUT2D eigenvalue weighted by molar-refractivity contribution is -0.152. The van der Waals surface area contributed by atoms with E-state index in [1.165, 1.54) is 95.3 Å². The molecule has 6 atom stereocenters. The van der Waals surface area contributed by atoms with Gasteiger partial charge in [0.1, 0.15) is 105 Å². The van der Waals surface area contributed by atoms with Gasteiger partial charge in [-0.1, -0.05) is 0 Å². The Hall–Kier alpha value is -11.4. The fourth-order valence-electron chi connectivity index (χ4n) is 15.1. The Kier molecular flexibility index (Phi) is 24.9. The normalized spacial score (nSPS) is 18.3. The van der Waals surface area contributed by atoms with E-state index in [4.69, 9.17) is 23.7 Å². The van der Waals surface area contributed by atoms with Gasteiger partial charge in [0, 0.05) is 117 Å². The minimum Gasteiger partial charge on any atom is -0.474 e. The lowest BCUT2D eigenvalue weighted by atomic mass is 9.92. The number of pyridine rings is 5. The molecule has 7 aliphatic heterocycles. The van der Waals surface area contributed by atoms with Gasteiger partial charge in [-0.3, -0.25) is 24.0 Å². The Bertz CT molecular complexity index is 5470. The highest BCUT2D eigenvalue weighted by molar-refractivity contribution is 5.97. The van der Waals surface area contributed by atoms with Gasteiger partial charge in [0.25, 0.3) is 6.43 Å². The van der Waals surface area contributed by atoms with E-state index >= 15 is 0 Å². The fourth-order valence-corrected chi connectivity index (χ4v) is 15.1. The van der Waals surface area contributed by atoms with Crippen LogP contribution in [0.5, 0.6) is 11.8 Å². The number of carbonyl (C=O) groups is 5. The number of aromatic nitrogens is 5. The maximum Gasteiger partial charge on any atom is 0.392 e. The summed E-state index contributed by atoms with van der Waals surface area (Å²) in [6, 6.07) is 24.0. The minimum atomic E-state index is -4.40. The smallest absolute Gasteiger partial charge is 0.392 e. The molecule has 608 valence electrons. The lowest BCUT2D eigenvalue weighted by Gasteiger charge is -2.28. The summed E-state index contributed by atoms with van der Waals surface area (Å²) in [6.45, 7) is 7.57. The number of benzene rings is 5. The summed E-state index contributed by atoms with van der Waals surface area (Å²) in [5.41, 5.74) is 9.76. The number of Topliss-reactive ketones (excluding diaryl/α,β-unsaturated/α-hetero) is 5. The van der Waals surface area contributed by atoms with Gasteiger partial charge in [0.05, 0.1) is 48.9 Å². The summed E-state index contributed by atoms with van der Waals surface area (Å²) >= 11 is 0. The largest absolute Gasteiger partial charge is 0.474 e. The first-order chi connectivity index (χ1) is 55.6. The van der Waals surface area contributed by atoms with Gasteiger partial charge in [-0.15, -0.1) is 0 Å². The second-order valence-corrected chi connectivity index (χ2v) is 28.9. The van der Waals surface area contributed by atoms with Gasteiger partial charge in [-0.05, 0) is 193 Å². The van der Waals surface area contributed by atoms with Crippen LogP contribution in [-0.2, 0) is 52.9 Å². The number of fused-ring (bicyclic) bond motifs is 11. The third kappa shape index (κ3) is 18.9. The van der Waals surface area contributed by atoms with Crippen molar-refractivity contribution in [1.82, 2.24) is 24.9 Å². The summed E-state index contributed by atoms with van der Waals surface area (Å²) in [5.74, 6) is -8.58. The van der Waals surface area contributed by atoms with Crippen molar-refractivity contribution in [2.75, 3.05) is 6.61 Å². The predicted octanol–water partition coefficient (Wildman–Crippen LogP) is 20.4.